The Kier molecular flexibility index (Phi) is 11.2. The van der Waals surface area contributed by atoms with E-state index in [1.807, 2.05) is 0 Å². The number of pyridine rings is 1. The van der Waals surface area contributed by atoms with Gasteiger partial charge in [-0.2, -0.15) is 0 Å². The molecule has 0 fully saturated rings. The molecule has 2 aliphatic rings. The zero-order valence-electron chi connectivity index (χ0n) is 22.2. The standard InChI is InChI=1S/C26H39N9O3/c1-18(36)29-12-15-35(13-4-3-7-20-9-8-19-6-5-11-30-24(19)33-20)14-10-21(26(37)38)34-25-23(27)22(16-28-2)31-17-32-25/h8-9,16-17,21,27-28H,3-7,10-15H2,1-2H3,(H,29,36)(H,30,33)(H,37,38)(H,31,32,34)/b22-16+,27-23?/t21-/m0/s1. The summed E-state index contributed by atoms with van der Waals surface area (Å²) in [5.41, 5.74) is 2.75. The fourth-order valence-electron chi connectivity index (χ4n) is 4.36. The Morgan fingerprint density at radius 3 is 2.87 bits per heavy atom. The van der Waals surface area contributed by atoms with E-state index in [-0.39, 0.29) is 17.5 Å². The number of aliphatic carboxylic acids is 1. The van der Waals surface area contributed by atoms with Gasteiger partial charge in [-0.25, -0.2) is 19.8 Å². The molecule has 0 spiro atoms. The van der Waals surface area contributed by atoms with Crippen molar-refractivity contribution in [2.75, 3.05) is 45.1 Å². The molecule has 2 aliphatic heterocycles. The van der Waals surface area contributed by atoms with Gasteiger partial charge in [0.15, 0.2) is 5.84 Å². The number of carbonyl (C=O) groups is 2. The number of carbonyl (C=O) groups excluding carboxylic acids is 1. The van der Waals surface area contributed by atoms with Crippen LogP contribution in [0.4, 0.5) is 5.82 Å². The smallest absolute Gasteiger partial charge is 0.326 e. The van der Waals surface area contributed by atoms with Crippen molar-refractivity contribution in [2.24, 2.45) is 9.98 Å². The molecule has 0 aromatic carbocycles. The molecule has 0 aliphatic carbocycles. The summed E-state index contributed by atoms with van der Waals surface area (Å²) in [6.45, 7) is 4.84. The molecule has 0 saturated carbocycles. The summed E-state index contributed by atoms with van der Waals surface area (Å²) >= 11 is 0. The van der Waals surface area contributed by atoms with Gasteiger partial charge in [0.1, 0.15) is 29.6 Å². The highest BCUT2D eigenvalue weighted by atomic mass is 16.4. The van der Waals surface area contributed by atoms with Crippen molar-refractivity contribution in [1.29, 1.82) is 5.41 Å². The molecule has 6 N–H and O–H groups in total. The van der Waals surface area contributed by atoms with E-state index in [9.17, 15) is 14.7 Å². The number of aryl methyl sites for hydroxylation is 2. The van der Waals surface area contributed by atoms with E-state index >= 15 is 0 Å². The molecule has 0 radical (unpaired) electrons. The zero-order valence-corrected chi connectivity index (χ0v) is 22.2. The van der Waals surface area contributed by atoms with Gasteiger partial charge in [0.25, 0.3) is 0 Å². The molecule has 206 valence electrons. The lowest BCUT2D eigenvalue weighted by atomic mass is 10.1. The molecule has 1 aromatic heterocycles. The number of unbranched alkanes of at least 4 members (excludes halogenated alkanes) is 1. The van der Waals surface area contributed by atoms with Crippen molar-refractivity contribution in [3.8, 4) is 0 Å². The summed E-state index contributed by atoms with van der Waals surface area (Å²) < 4.78 is 0. The molecule has 1 amide bonds. The van der Waals surface area contributed by atoms with E-state index in [4.69, 9.17) is 10.4 Å². The van der Waals surface area contributed by atoms with Gasteiger partial charge in [-0.05, 0) is 56.7 Å². The molecule has 1 aromatic rings. The maximum Gasteiger partial charge on any atom is 0.326 e. The fourth-order valence-corrected chi connectivity index (χ4v) is 4.36. The van der Waals surface area contributed by atoms with E-state index in [1.165, 1.54) is 18.8 Å². The molecule has 3 rings (SSSR count). The second-order valence-electron chi connectivity index (χ2n) is 9.36. The van der Waals surface area contributed by atoms with Crippen LogP contribution in [-0.2, 0) is 22.4 Å². The second-order valence-corrected chi connectivity index (χ2v) is 9.36. The predicted octanol–water partition coefficient (Wildman–Crippen LogP) is 1.15. The number of hydrogen-bond acceptors (Lipinski definition) is 10. The summed E-state index contributed by atoms with van der Waals surface area (Å²) in [6.07, 6.45) is 8.13. The van der Waals surface area contributed by atoms with Crippen molar-refractivity contribution in [1.82, 2.24) is 25.8 Å². The van der Waals surface area contributed by atoms with Crippen LogP contribution >= 0.6 is 0 Å². The number of rotatable bonds is 14. The lowest BCUT2D eigenvalue weighted by Crippen LogP contribution is -2.47. The Labute approximate surface area is 223 Å². The van der Waals surface area contributed by atoms with Gasteiger partial charge in [0.2, 0.25) is 5.91 Å². The number of aliphatic imine (C=N–C) groups is 2. The third-order valence-electron chi connectivity index (χ3n) is 6.41. The minimum atomic E-state index is -1.02. The number of fused-ring (bicyclic) bond motifs is 1. The Morgan fingerprint density at radius 2 is 2.11 bits per heavy atom. The van der Waals surface area contributed by atoms with E-state index in [2.05, 4.69) is 48.3 Å². The van der Waals surface area contributed by atoms with E-state index < -0.39 is 12.0 Å². The highest BCUT2D eigenvalue weighted by Crippen LogP contribution is 2.20. The number of carboxylic acids is 1. The van der Waals surface area contributed by atoms with Gasteiger partial charge < -0.3 is 31.3 Å². The van der Waals surface area contributed by atoms with Gasteiger partial charge >= 0.3 is 5.97 Å². The maximum absolute atomic E-state index is 12.0. The molecule has 0 saturated heterocycles. The van der Waals surface area contributed by atoms with E-state index in [1.54, 1.807) is 13.2 Å². The number of nitrogens with one attached hydrogen (secondary N) is 5. The van der Waals surface area contributed by atoms with Crippen LogP contribution in [0.15, 0.2) is 34.0 Å². The van der Waals surface area contributed by atoms with Crippen LogP contribution in [0.1, 0.15) is 43.9 Å². The van der Waals surface area contributed by atoms with Crippen LogP contribution in [0.3, 0.4) is 0 Å². The van der Waals surface area contributed by atoms with Crippen molar-refractivity contribution in [3.05, 3.63) is 35.3 Å². The normalized spacial score (nSPS) is 16.4. The number of anilines is 1. The number of amidine groups is 1. The minimum Gasteiger partial charge on any atom is -0.480 e. The van der Waals surface area contributed by atoms with Crippen LogP contribution < -0.4 is 21.3 Å². The first-order valence-corrected chi connectivity index (χ1v) is 13.1. The number of carboxylic acid groups (broad SMARTS) is 1. The quantitative estimate of drug-likeness (QED) is 0.197. The largest absolute Gasteiger partial charge is 0.480 e. The number of nitrogens with zero attached hydrogens (tertiary/aromatic N) is 4. The van der Waals surface area contributed by atoms with Crippen molar-refractivity contribution < 1.29 is 14.7 Å². The lowest BCUT2D eigenvalue weighted by molar-refractivity contribution is -0.139. The molecular formula is C26H39N9O3. The Hall–Kier alpha value is -3.80. The molecule has 12 nitrogen and oxygen atoms in total. The van der Waals surface area contributed by atoms with Gasteiger partial charge in [-0.15, -0.1) is 0 Å². The van der Waals surface area contributed by atoms with Gasteiger partial charge in [0, 0.05) is 52.0 Å². The Morgan fingerprint density at radius 1 is 1.26 bits per heavy atom. The molecule has 0 bridgehead atoms. The first-order valence-electron chi connectivity index (χ1n) is 13.1. The van der Waals surface area contributed by atoms with Crippen LogP contribution in [0.2, 0.25) is 0 Å². The number of aromatic nitrogens is 1. The molecule has 38 heavy (non-hydrogen) atoms. The van der Waals surface area contributed by atoms with Crippen molar-refractivity contribution in [3.63, 3.8) is 0 Å². The molecule has 1 atom stereocenters. The third kappa shape index (κ3) is 8.94. The summed E-state index contributed by atoms with van der Waals surface area (Å²) in [6, 6.07) is 3.35. The van der Waals surface area contributed by atoms with E-state index in [0.29, 0.717) is 31.8 Å². The van der Waals surface area contributed by atoms with Crippen molar-refractivity contribution in [2.45, 2.75) is 51.5 Å². The number of hydrogen-bond donors (Lipinski definition) is 6. The minimum absolute atomic E-state index is 0.0293. The Bertz CT molecular complexity index is 1080. The monoisotopic (exact) mass is 525 g/mol. The predicted molar refractivity (Wildman–Crippen MR) is 149 cm³/mol. The SMILES string of the molecule is CN/C=C1/N=CN=C(N[C@@H](CCN(CCCCc2ccc3c(n2)NCCC3)CCNC(C)=O)C(=O)O)C1=N. The summed E-state index contributed by atoms with van der Waals surface area (Å²) in [7, 11) is 1.70. The zero-order chi connectivity index (χ0) is 27.3. The van der Waals surface area contributed by atoms with Crippen molar-refractivity contribution >= 4 is 35.6 Å². The molecular weight excluding hydrogens is 486 g/mol. The first kappa shape index (κ1) is 28.8. The average molecular weight is 526 g/mol. The van der Waals surface area contributed by atoms with Crippen LogP contribution in [-0.4, -0.2) is 90.6 Å². The highest BCUT2D eigenvalue weighted by molar-refractivity contribution is 6.48. The molecule has 3 heterocycles. The van der Waals surface area contributed by atoms with Gasteiger partial charge in [-0.3, -0.25) is 10.2 Å². The second kappa shape index (κ2) is 14.8. The summed E-state index contributed by atoms with van der Waals surface area (Å²) in [5, 5.41) is 30.0. The topological polar surface area (TPSA) is 167 Å². The highest BCUT2D eigenvalue weighted by Gasteiger charge is 2.24. The lowest BCUT2D eigenvalue weighted by Gasteiger charge is -2.25. The van der Waals surface area contributed by atoms with Crippen LogP contribution in [0.25, 0.3) is 0 Å². The maximum atomic E-state index is 12.0. The third-order valence-corrected chi connectivity index (χ3v) is 6.41. The van der Waals surface area contributed by atoms with E-state index in [0.717, 1.165) is 56.7 Å². The fraction of sp³-hybridized carbons (Fsp3) is 0.538. The van der Waals surface area contributed by atoms with Gasteiger partial charge in [0.05, 0.1) is 0 Å². The average Bonchev–Trinajstić information content (AvgIpc) is 2.90. The summed E-state index contributed by atoms with van der Waals surface area (Å²) in [4.78, 5) is 38.4. The first-order chi connectivity index (χ1) is 18.4. The van der Waals surface area contributed by atoms with Crippen LogP contribution in [0, 0.1) is 5.41 Å². The molecule has 12 heteroatoms. The number of amides is 1. The van der Waals surface area contributed by atoms with Gasteiger partial charge in [-0.1, -0.05) is 6.07 Å². The molecule has 0 unspecified atom stereocenters. The van der Waals surface area contributed by atoms with Crippen LogP contribution in [0.5, 0.6) is 0 Å². The summed E-state index contributed by atoms with van der Waals surface area (Å²) in [5.74, 6) is 0.0678. The Balaban J connectivity index is 1.52.